The number of carbonyl (C=O) groups excluding carboxylic acids is 1. The van der Waals surface area contributed by atoms with Crippen molar-refractivity contribution in [3.63, 3.8) is 0 Å². The van der Waals surface area contributed by atoms with Crippen molar-refractivity contribution < 1.29 is 4.79 Å². The lowest BCUT2D eigenvalue weighted by Crippen LogP contribution is -2.19. The Hall–Kier alpha value is -4.99. The van der Waals surface area contributed by atoms with Crippen LogP contribution in [0.2, 0.25) is 0 Å². The number of amides is 1. The molecule has 0 aliphatic rings. The maximum Gasteiger partial charge on any atom is 0.224 e. The molecule has 10 nitrogen and oxygen atoms in total. The molecule has 0 aromatic carbocycles. The highest BCUT2D eigenvalue weighted by Gasteiger charge is 2.18. The molecule has 0 aliphatic heterocycles. The number of imidazole rings is 1. The van der Waals surface area contributed by atoms with Crippen molar-refractivity contribution in [1.82, 2.24) is 40.1 Å². The van der Waals surface area contributed by atoms with Gasteiger partial charge in [-0.15, -0.1) is 0 Å². The maximum absolute atomic E-state index is 12.4. The molecule has 0 saturated carbocycles. The van der Waals surface area contributed by atoms with Crippen LogP contribution in [0.25, 0.3) is 56.1 Å². The summed E-state index contributed by atoms with van der Waals surface area (Å²) in [5, 5.41) is 11.3. The van der Waals surface area contributed by atoms with Gasteiger partial charge in [-0.1, -0.05) is 26.8 Å². The number of pyridine rings is 4. The number of aromatic nitrogens is 8. The fraction of sp³-hybridized carbons (Fsp3) is 0.179. The molecule has 1 amide bonds. The SMILES string of the molecule is CC(C)(C)CC(=O)Nc1cncc(-c2cc3c(-c4nc5nccc(-c6ccccn6)c5[nH]4)n[nH]c3cn2)c1. The van der Waals surface area contributed by atoms with Gasteiger partial charge in [-0.25, -0.2) is 9.97 Å². The van der Waals surface area contributed by atoms with Gasteiger partial charge in [0.1, 0.15) is 5.69 Å². The summed E-state index contributed by atoms with van der Waals surface area (Å²) in [5.41, 5.74) is 6.51. The normalized spacial score (nSPS) is 11.8. The number of nitrogens with zero attached hydrogens (tertiary/aromatic N) is 6. The van der Waals surface area contributed by atoms with Gasteiger partial charge in [0.2, 0.25) is 5.91 Å². The summed E-state index contributed by atoms with van der Waals surface area (Å²) < 4.78 is 0. The second kappa shape index (κ2) is 9.15. The molecule has 6 heterocycles. The number of H-pyrrole nitrogens is 2. The summed E-state index contributed by atoms with van der Waals surface area (Å²) in [5.74, 6) is 0.529. The maximum atomic E-state index is 12.4. The predicted molar refractivity (Wildman–Crippen MR) is 146 cm³/mol. The van der Waals surface area contributed by atoms with E-state index in [0.717, 1.165) is 33.2 Å². The van der Waals surface area contributed by atoms with Crippen LogP contribution < -0.4 is 5.32 Å². The number of rotatable bonds is 5. The molecule has 0 aliphatic carbocycles. The minimum absolute atomic E-state index is 0.0550. The zero-order chi connectivity index (χ0) is 26.3. The highest BCUT2D eigenvalue weighted by atomic mass is 16.1. The first-order valence-corrected chi connectivity index (χ1v) is 12.2. The van der Waals surface area contributed by atoms with Gasteiger partial charge in [-0.2, -0.15) is 5.10 Å². The molecule has 3 N–H and O–H groups in total. The number of nitrogens with one attached hydrogen (secondary N) is 3. The van der Waals surface area contributed by atoms with Gasteiger partial charge in [0, 0.05) is 41.5 Å². The van der Waals surface area contributed by atoms with Crippen molar-refractivity contribution in [2.24, 2.45) is 5.41 Å². The van der Waals surface area contributed by atoms with E-state index in [0.29, 0.717) is 35.0 Å². The van der Waals surface area contributed by atoms with E-state index >= 15 is 0 Å². The van der Waals surface area contributed by atoms with Gasteiger partial charge in [0.25, 0.3) is 0 Å². The highest BCUT2D eigenvalue weighted by molar-refractivity contribution is 5.96. The van der Waals surface area contributed by atoms with E-state index in [-0.39, 0.29) is 11.3 Å². The number of anilines is 1. The lowest BCUT2D eigenvalue weighted by molar-refractivity contribution is -0.117. The second-order valence-electron chi connectivity index (χ2n) is 10.3. The zero-order valence-electron chi connectivity index (χ0n) is 21.1. The Balaban J connectivity index is 1.36. The van der Waals surface area contributed by atoms with Crippen LogP contribution in [0.5, 0.6) is 0 Å². The molecule has 0 unspecified atom stereocenters. The average molecular weight is 504 g/mol. The second-order valence-corrected chi connectivity index (χ2v) is 10.3. The first-order chi connectivity index (χ1) is 18.3. The van der Waals surface area contributed by atoms with E-state index in [1.807, 2.05) is 57.2 Å². The fourth-order valence-electron chi connectivity index (χ4n) is 4.35. The molecule has 0 fully saturated rings. The summed E-state index contributed by atoms with van der Waals surface area (Å²) in [7, 11) is 0. The Morgan fingerprint density at radius 3 is 2.68 bits per heavy atom. The Labute approximate surface area is 218 Å². The van der Waals surface area contributed by atoms with Gasteiger partial charge in [0.05, 0.1) is 40.5 Å². The van der Waals surface area contributed by atoms with Crippen molar-refractivity contribution in [1.29, 1.82) is 0 Å². The molecule has 0 spiro atoms. The van der Waals surface area contributed by atoms with Crippen LogP contribution in [0.4, 0.5) is 5.69 Å². The molecule has 0 saturated heterocycles. The number of aromatic amines is 2. The topological polar surface area (TPSA) is 138 Å². The van der Waals surface area contributed by atoms with E-state index in [2.05, 4.69) is 40.4 Å². The molecule has 6 rings (SSSR count). The summed E-state index contributed by atoms with van der Waals surface area (Å²) >= 11 is 0. The van der Waals surface area contributed by atoms with Crippen LogP contribution in [0.15, 0.2) is 67.4 Å². The van der Waals surface area contributed by atoms with Crippen LogP contribution in [0.3, 0.4) is 0 Å². The minimum atomic E-state index is -0.107. The van der Waals surface area contributed by atoms with Gasteiger partial charge < -0.3 is 10.3 Å². The van der Waals surface area contributed by atoms with E-state index in [1.165, 1.54) is 0 Å². The molecular formula is C28H25N9O. The van der Waals surface area contributed by atoms with Crippen LogP contribution in [-0.2, 0) is 4.79 Å². The molecule has 6 aromatic heterocycles. The van der Waals surface area contributed by atoms with Crippen LogP contribution in [0, 0.1) is 5.41 Å². The minimum Gasteiger partial charge on any atom is -0.335 e. The van der Waals surface area contributed by atoms with Crippen molar-refractivity contribution >= 4 is 33.7 Å². The summed E-state index contributed by atoms with van der Waals surface area (Å²) in [6, 6.07) is 11.5. The molecule has 0 atom stereocenters. The van der Waals surface area contributed by atoms with Crippen LogP contribution in [-0.4, -0.2) is 46.0 Å². The summed E-state index contributed by atoms with van der Waals surface area (Å²) in [4.78, 5) is 38.3. The number of fused-ring (bicyclic) bond motifs is 2. The lowest BCUT2D eigenvalue weighted by atomic mass is 9.92. The Bertz CT molecular complexity index is 1780. The van der Waals surface area contributed by atoms with Gasteiger partial charge in [-0.05, 0) is 35.7 Å². The van der Waals surface area contributed by atoms with Gasteiger partial charge >= 0.3 is 0 Å². The summed E-state index contributed by atoms with van der Waals surface area (Å²) in [6.45, 7) is 6.08. The van der Waals surface area contributed by atoms with Crippen LogP contribution >= 0.6 is 0 Å². The Morgan fingerprint density at radius 2 is 1.87 bits per heavy atom. The monoisotopic (exact) mass is 503 g/mol. The van der Waals surface area contributed by atoms with E-state index < -0.39 is 0 Å². The molecule has 0 radical (unpaired) electrons. The third-order valence-electron chi connectivity index (χ3n) is 6.01. The number of hydrogen-bond acceptors (Lipinski definition) is 7. The molecular weight excluding hydrogens is 478 g/mol. The first kappa shape index (κ1) is 23.4. The number of carbonyl (C=O) groups is 1. The van der Waals surface area contributed by atoms with Crippen LogP contribution in [0.1, 0.15) is 27.2 Å². The third kappa shape index (κ3) is 4.59. The largest absolute Gasteiger partial charge is 0.335 e. The molecule has 188 valence electrons. The van der Waals surface area contributed by atoms with Crippen molar-refractivity contribution in [2.45, 2.75) is 27.2 Å². The molecule has 10 heteroatoms. The predicted octanol–water partition coefficient (Wildman–Crippen LogP) is 5.39. The van der Waals surface area contributed by atoms with Crippen molar-refractivity contribution in [3.05, 3.63) is 67.4 Å². The Morgan fingerprint density at radius 1 is 0.974 bits per heavy atom. The van der Waals surface area contributed by atoms with Gasteiger partial charge in [-0.3, -0.25) is 24.8 Å². The van der Waals surface area contributed by atoms with E-state index in [9.17, 15) is 4.79 Å². The molecule has 6 aromatic rings. The fourth-order valence-corrected chi connectivity index (χ4v) is 4.35. The van der Waals surface area contributed by atoms with Crippen molar-refractivity contribution in [2.75, 3.05) is 5.32 Å². The van der Waals surface area contributed by atoms with E-state index in [4.69, 9.17) is 4.98 Å². The number of hydrogen-bond donors (Lipinski definition) is 3. The molecule has 38 heavy (non-hydrogen) atoms. The van der Waals surface area contributed by atoms with Gasteiger partial charge in [0.15, 0.2) is 11.5 Å². The lowest BCUT2D eigenvalue weighted by Gasteiger charge is -2.17. The van der Waals surface area contributed by atoms with Crippen molar-refractivity contribution in [3.8, 4) is 34.0 Å². The quantitative estimate of drug-likeness (QED) is 0.286. The third-order valence-corrected chi connectivity index (χ3v) is 6.01. The smallest absolute Gasteiger partial charge is 0.224 e. The first-order valence-electron chi connectivity index (χ1n) is 12.2. The van der Waals surface area contributed by atoms with E-state index in [1.54, 1.807) is 31.0 Å². The standard InChI is InChI=1S/C28H25N9O/c1-28(2,3)12-23(38)33-17-10-16(13-29-14-17)21-11-19-22(15-32-21)36-37-25(19)27-34-24-18(7-9-31-26(24)35-27)20-6-4-5-8-30-20/h4-11,13-15H,12H2,1-3H3,(H,33,38)(H,36,37)(H,31,34,35). The average Bonchev–Trinajstić information content (AvgIpc) is 3.51. The summed E-state index contributed by atoms with van der Waals surface area (Å²) in [6.07, 6.45) is 8.97. The highest BCUT2D eigenvalue weighted by Crippen LogP contribution is 2.31. The Kier molecular flexibility index (Phi) is 5.64. The zero-order valence-corrected chi connectivity index (χ0v) is 21.1. The molecule has 0 bridgehead atoms.